The first-order valence-corrected chi connectivity index (χ1v) is 12.9. The summed E-state index contributed by atoms with van der Waals surface area (Å²) in [6.45, 7) is 2.02. The SMILES string of the molecule is CCc1ccc2c(c1)[C@@]1(N[C@H](Cc3ccc(O)c(O)c3)[C@H]3C(=O)N(Cc4ccccc4Cl)C(=O)[C@H]31)C(=O)N2. The topological polar surface area (TPSA) is 119 Å². The molecule has 0 bridgehead atoms. The van der Waals surface area contributed by atoms with Crippen molar-refractivity contribution in [1.82, 2.24) is 10.2 Å². The first-order chi connectivity index (χ1) is 18.2. The van der Waals surface area contributed by atoms with Crippen molar-refractivity contribution >= 4 is 35.0 Å². The lowest BCUT2D eigenvalue weighted by atomic mass is 9.76. The van der Waals surface area contributed by atoms with Crippen LogP contribution in [0.2, 0.25) is 5.02 Å². The fourth-order valence-corrected chi connectivity index (χ4v) is 6.40. The zero-order valence-electron chi connectivity index (χ0n) is 20.6. The standard InChI is InChI=1S/C29H26ClN3O5/c1-2-15-7-9-20-18(11-15)29(28(38)31-20)25-24(21(32-29)12-16-8-10-22(34)23(35)13-16)26(36)33(27(25)37)14-17-5-3-4-6-19(17)30/h3-11,13,21,24-25,32,34-35H,2,12,14H2,1H3,(H,31,38)/t21-,24-,25+,29+/m1/s1. The molecule has 2 fully saturated rings. The van der Waals surface area contributed by atoms with Gasteiger partial charge in [0.15, 0.2) is 11.5 Å². The Kier molecular flexibility index (Phi) is 5.70. The molecule has 3 aliphatic heterocycles. The first kappa shape index (κ1) is 24.5. The number of aryl methyl sites for hydroxylation is 1. The Labute approximate surface area is 224 Å². The summed E-state index contributed by atoms with van der Waals surface area (Å²) in [5.41, 5.74) is 2.16. The lowest BCUT2D eigenvalue weighted by molar-refractivity contribution is -0.143. The fraction of sp³-hybridized carbons (Fsp3) is 0.276. The van der Waals surface area contributed by atoms with Gasteiger partial charge in [-0.3, -0.25) is 24.6 Å². The number of benzene rings is 3. The molecule has 3 amide bonds. The van der Waals surface area contributed by atoms with Crippen LogP contribution in [0.1, 0.15) is 29.2 Å². The van der Waals surface area contributed by atoms with Gasteiger partial charge in [0.05, 0.1) is 18.4 Å². The molecule has 3 aromatic carbocycles. The van der Waals surface area contributed by atoms with Gasteiger partial charge in [0, 0.05) is 22.3 Å². The third kappa shape index (κ3) is 3.51. The lowest BCUT2D eigenvalue weighted by Gasteiger charge is -2.30. The molecule has 0 aliphatic carbocycles. The molecule has 6 rings (SSSR count). The minimum atomic E-state index is -1.42. The molecule has 4 N–H and O–H groups in total. The molecule has 0 saturated carbocycles. The maximum atomic E-state index is 14.0. The summed E-state index contributed by atoms with van der Waals surface area (Å²) in [4.78, 5) is 42.9. The zero-order chi connectivity index (χ0) is 26.8. The number of amides is 3. The number of nitrogens with one attached hydrogen (secondary N) is 2. The number of aromatic hydroxyl groups is 2. The molecule has 1 spiro atoms. The van der Waals surface area contributed by atoms with E-state index in [1.54, 1.807) is 30.3 Å². The number of carbonyl (C=O) groups is 3. The normalized spacial score (nSPS) is 25.7. The predicted octanol–water partition coefficient (Wildman–Crippen LogP) is 3.48. The van der Waals surface area contributed by atoms with Crippen molar-refractivity contribution in [1.29, 1.82) is 0 Å². The van der Waals surface area contributed by atoms with Gasteiger partial charge in [-0.1, -0.05) is 54.9 Å². The molecule has 194 valence electrons. The van der Waals surface area contributed by atoms with Crippen LogP contribution in [0.15, 0.2) is 60.7 Å². The third-order valence-corrected chi connectivity index (χ3v) is 8.43. The zero-order valence-corrected chi connectivity index (χ0v) is 21.3. The highest BCUT2D eigenvalue weighted by Crippen LogP contribution is 2.53. The van der Waals surface area contributed by atoms with Crippen LogP contribution < -0.4 is 10.6 Å². The van der Waals surface area contributed by atoms with Gasteiger partial charge >= 0.3 is 0 Å². The van der Waals surface area contributed by atoms with Gasteiger partial charge < -0.3 is 15.5 Å². The number of hydrogen-bond donors (Lipinski definition) is 4. The van der Waals surface area contributed by atoms with Crippen molar-refractivity contribution in [2.45, 2.75) is 37.9 Å². The number of anilines is 1. The Morgan fingerprint density at radius 1 is 0.947 bits per heavy atom. The summed E-state index contributed by atoms with van der Waals surface area (Å²) < 4.78 is 0. The number of fused-ring (bicyclic) bond motifs is 4. The van der Waals surface area contributed by atoms with E-state index in [1.165, 1.54) is 17.0 Å². The molecular weight excluding hydrogens is 506 g/mol. The number of carbonyl (C=O) groups excluding carboxylic acids is 3. The molecule has 9 heteroatoms. The summed E-state index contributed by atoms with van der Waals surface area (Å²) in [5, 5.41) is 26.6. The smallest absolute Gasteiger partial charge is 0.250 e. The Balaban J connectivity index is 1.46. The summed E-state index contributed by atoms with van der Waals surface area (Å²) in [5.74, 6) is -3.47. The average molecular weight is 532 g/mol. The van der Waals surface area contributed by atoms with Crippen LogP contribution in [-0.2, 0) is 39.3 Å². The van der Waals surface area contributed by atoms with Gasteiger partial charge in [-0.25, -0.2) is 0 Å². The van der Waals surface area contributed by atoms with Crippen LogP contribution >= 0.6 is 11.6 Å². The van der Waals surface area contributed by atoms with E-state index >= 15 is 0 Å². The summed E-state index contributed by atoms with van der Waals surface area (Å²) in [6.07, 6.45) is 0.999. The van der Waals surface area contributed by atoms with Gasteiger partial charge in [0.1, 0.15) is 5.54 Å². The third-order valence-electron chi connectivity index (χ3n) is 8.06. The number of phenols is 2. The number of imide groups is 1. The van der Waals surface area contributed by atoms with E-state index in [2.05, 4.69) is 10.6 Å². The molecule has 2 saturated heterocycles. The largest absolute Gasteiger partial charge is 0.504 e. The Morgan fingerprint density at radius 2 is 1.71 bits per heavy atom. The predicted molar refractivity (Wildman–Crippen MR) is 141 cm³/mol. The van der Waals surface area contributed by atoms with E-state index in [9.17, 15) is 24.6 Å². The lowest BCUT2D eigenvalue weighted by Crippen LogP contribution is -2.53. The van der Waals surface area contributed by atoms with Crippen LogP contribution in [0.25, 0.3) is 0 Å². The molecule has 8 nitrogen and oxygen atoms in total. The van der Waals surface area contributed by atoms with E-state index in [0.29, 0.717) is 27.4 Å². The van der Waals surface area contributed by atoms with E-state index in [0.717, 1.165) is 12.0 Å². The van der Waals surface area contributed by atoms with E-state index in [-0.39, 0.29) is 36.3 Å². The second-order valence-corrected chi connectivity index (χ2v) is 10.5. The summed E-state index contributed by atoms with van der Waals surface area (Å²) in [6, 6.07) is 16.6. The van der Waals surface area contributed by atoms with Gasteiger partial charge in [0.2, 0.25) is 17.7 Å². The molecule has 0 aromatic heterocycles. The van der Waals surface area contributed by atoms with Crippen molar-refractivity contribution in [2.24, 2.45) is 11.8 Å². The Hall–Kier alpha value is -3.88. The van der Waals surface area contributed by atoms with Crippen LogP contribution in [0, 0.1) is 11.8 Å². The molecule has 3 aromatic rings. The highest BCUT2D eigenvalue weighted by Gasteiger charge is 2.70. The van der Waals surface area contributed by atoms with Gasteiger partial charge in [-0.05, 0) is 53.8 Å². The molecular formula is C29H26ClN3O5. The number of phenolic OH excluding ortho intramolecular Hbond substituents is 2. The maximum Gasteiger partial charge on any atom is 0.250 e. The van der Waals surface area contributed by atoms with E-state index in [4.69, 9.17) is 11.6 Å². The quantitative estimate of drug-likeness (QED) is 0.296. The Morgan fingerprint density at radius 3 is 2.45 bits per heavy atom. The van der Waals surface area contributed by atoms with Gasteiger partial charge in [-0.15, -0.1) is 0 Å². The highest BCUT2D eigenvalue weighted by molar-refractivity contribution is 6.31. The second kappa shape index (κ2) is 8.85. The molecule has 0 radical (unpaired) electrons. The highest BCUT2D eigenvalue weighted by atomic mass is 35.5. The monoisotopic (exact) mass is 531 g/mol. The number of halogens is 1. The van der Waals surface area contributed by atoms with Crippen LogP contribution in [0.5, 0.6) is 11.5 Å². The minimum absolute atomic E-state index is 0.0105. The molecule has 4 atom stereocenters. The van der Waals surface area contributed by atoms with Crippen LogP contribution in [0.3, 0.4) is 0 Å². The number of nitrogens with zero attached hydrogens (tertiary/aromatic N) is 1. The Bertz CT molecular complexity index is 1510. The van der Waals surface area contributed by atoms with Crippen molar-refractivity contribution in [3.63, 3.8) is 0 Å². The fourth-order valence-electron chi connectivity index (χ4n) is 6.21. The summed E-state index contributed by atoms with van der Waals surface area (Å²) >= 11 is 6.36. The minimum Gasteiger partial charge on any atom is -0.504 e. The first-order valence-electron chi connectivity index (χ1n) is 12.6. The van der Waals surface area contributed by atoms with E-state index < -0.39 is 29.3 Å². The van der Waals surface area contributed by atoms with Gasteiger partial charge in [0.25, 0.3) is 0 Å². The van der Waals surface area contributed by atoms with Crippen LogP contribution in [0.4, 0.5) is 5.69 Å². The van der Waals surface area contributed by atoms with Crippen molar-refractivity contribution in [2.75, 3.05) is 5.32 Å². The number of hydrogen-bond acceptors (Lipinski definition) is 6. The van der Waals surface area contributed by atoms with Gasteiger partial charge in [-0.2, -0.15) is 0 Å². The number of likely N-dealkylation sites (tertiary alicyclic amines) is 1. The summed E-state index contributed by atoms with van der Waals surface area (Å²) in [7, 11) is 0. The maximum absolute atomic E-state index is 14.0. The molecule has 3 aliphatic rings. The molecule has 0 unspecified atom stereocenters. The van der Waals surface area contributed by atoms with E-state index in [1.807, 2.05) is 25.1 Å². The number of rotatable bonds is 5. The average Bonchev–Trinajstić information content (AvgIpc) is 3.47. The molecule has 38 heavy (non-hydrogen) atoms. The van der Waals surface area contributed by atoms with Crippen LogP contribution in [-0.4, -0.2) is 38.9 Å². The van der Waals surface area contributed by atoms with Crippen molar-refractivity contribution < 1.29 is 24.6 Å². The van der Waals surface area contributed by atoms with Crippen molar-refractivity contribution in [3.8, 4) is 11.5 Å². The second-order valence-electron chi connectivity index (χ2n) is 10.1. The molecule has 3 heterocycles. The van der Waals surface area contributed by atoms with Crippen molar-refractivity contribution in [3.05, 3.63) is 87.9 Å².